The van der Waals surface area contributed by atoms with Gasteiger partial charge in [0, 0.05) is 63.4 Å². The fourth-order valence-electron chi connectivity index (χ4n) is 3.03. The summed E-state index contributed by atoms with van der Waals surface area (Å²) in [6.45, 7) is 23.0. The van der Waals surface area contributed by atoms with Gasteiger partial charge >= 0.3 is 0 Å². The maximum Gasteiger partial charge on any atom is 0.0196 e. The molecule has 2 N–H and O–H groups in total. The SMILES string of the molecule is C=CCN1C[C@@H](C)NC[C@@H]1C.C=CCN1C[C@H](C)NC[C@H]1C. The average molecular weight is 309 g/mol. The van der Waals surface area contributed by atoms with Crippen LogP contribution in [0.3, 0.4) is 0 Å². The van der Waals surface area contributed by atoms with E-state index in [2.05, 4.69) is 61.3 Å². The summed E-state index contributed by atoms with van der Waals surface area (Å²) in [5, 5.41) is 6.89. The van der Waals surface area contributed by atoms with E-state index < -0.39 is 0 Å². The number of hydrogen-bond donors (Lipinski definition) is 2. The van der Waals surface area contributed by atoms with Gasteiger partial charge in [-0.1, -0.05) is 12.2 Å². The molecule has 4 nitrogen and oxygen atoms in total. The van der Waals surface area contributed by atoms with Crippen LogP contribution in [0, 0.1) is 0 Å². The molecule has 22 heavy (non-hydrogen) atoms. The van der Waals surface area contributed by atoms with E-state index in [4.69, 9.17) is 0 Å². The van der Waals surface area contributed by atoms with E-state index in [0.717, 1.165) is 39.3 Å². The number of nitrogens with one attached hydrogen (secondary N) is 2. The van der Waals surface area contributed by atoms with Gasteiger partial charge in [0.05, 0.1) is 0 Å². The van der Waals surface area contributed by atoms with Crippen LogP contribution in [0.25, 0.3) is 0 Å². The second kappa shape index (κ2) is 10.2. The zero-order valence-electron chi connectivity index (χ0n) is 15.0. The van der Waals surface area contributed by atoms with E-state index >= 15 is 0 Å². The predicted octanol–water partition coefficient (Wildman–Crippen LogP) is 1.71. The number of rotatable bonds is 4. The smallest absolute Gasteiger partial charge is 0.0196 e. The molecule has 4 heteroatoms. The summed E-state index contributed by atoms with van der Waals surface area (Å²) in [6, 6.07) is 2.57. The van der Waals surface area contributed by atoms with Crippen LogP contribution in [-0.2, 0) is 0 Å². The molecule has 0 spiro atoms. The maximum absolute atomic E-state index is 3.75. The van der Waals surface area contributed by atoms with Gasteiger partial charge in [-0.15, -0.1) is 13.2 Å². The summed E-state index contributed by atoms with van der Waals surface area (Å²) in [7, 11) is 0. The lowest BCUT2D eigenvalue weighted by atomic mass is 10.1. The maximum atomic E-state index is 3.75. The Morgan fingerprint density at radius 2 is 1.18 bits per heavy atom. The van der Waals surface area contributed by atoms with Gasteiger partial charge in [-0.2, -0.15) is 0 Å². The summed E-state index contributed by atoms with van der Waals surface area (Å²) in [5.74, 6) is 0. The van der Waals surface area contributed by atoms with Crippen LogP contribution in [0.15, 0.2) is 25.3 Å². The first-order valence-corrected chi connectivity index (χ1v) is 8.64. The van der Waals surface area contributed by atoms with Crippen molar-refractivity contribution in [1.29, 1.82) is 0 Å². The Hall–Kier alpha value is -0.680. The molecule has 2 heterocycles. The molecule has 0 radical (unpaired) electrons. The lowest BCUT2D eigenvalue weighted by Crippen LogP contribution is -2.54. The summed E-state index contributed by atoms with van der Waals surface area (Å²) >= 11 is 0. The van der Waals surface area contributed by atoms with Crippen LogP contribution in [-0.4, -0.2) is 73.2 Å². The zero-order chi connectivity index (χ0) is 16.5. The van der Waals surface area contributed by atoms with Gasteiger partial charge in [-0.3, -0.25) is 9.80 Å². The molecule has 2 aliphatic heterocycles. The van der Waals surface area contributed by atoms with Crippen molar-refractivity contribution in [2.75, 3.05) is 39.3 Å². The van der Waals surface area contributed by atoms with Crippen LogP contribution >= 0.6 is 0 Å². The number of nitrogens with zero attached hydrogens (tertiary/aromatic N) is 2. The van der Waals surface area contributed by atoms with Gasteiger partial charge in [0.1, 0.15) is 0 Å². The minimum atomic E-state index is 0.631. The van der Waals surface area contributed by atoms with Crippen molar-refractivity contribution in [1.82, 2.24) is 20.4 Å². The molecule has 2 fully saturated rings. The molecule has 0 bridgehead atoms. The molecule has 0 saturated carbocycles. The Morgan fingerprint density at radius 1 is 0.818 bits per heavy atom. The molecule has 2 saturated heterocycles. The Morgan fingerprint density at radius 3 is 1.50 bits per heavy atom. The van der Waals surface area contributed by atoms with Crippen molar-refractivity contribution < 1.29 is 0 Å². The molecule has 0 unspecified atom stereocenters. The molecule has 4 atom stereocenters. The highest BCUT2D eigenvalue weighted by atomic mass is 15.2. The molecule has 128 valence electrons. The Bertz CT molecular complexity index is 299. The van der Waals surface area contributed by atoms with Crippen molar-refractivity contribution >= 4 is 0 Å². The monoisotopic (exact) mass is 308 g/mol. The van der Waals surface area contributed by atoms with Gasteiger partial charge in [0.15, 0.2) is 0 Å². The van der Waals surface area contributed by atoms with Crippen molar-refractivity contribution in [3.63, 3.8) is 0 Å². The van der Waals surface area contributed by atoms with E-state index in [9.17, 15) is 0 Å². The van der Waals surface area contributed by atoms with Gasteiger partial charge in [0.25, 0.3) is 0 Å². The lowest BCUT2D eigenvalue weighted by Gasteiger charge is -2.36. The third-order valence-corrected chi connectivity index (χ3v) is 4.51. The third-order valence-electron chi connectivity index (χ3n) is 4.51. The molecular formula is C18H36N4. The summed E-state index contributed by atoms with van der Waals surface area (Å²) < 4.78 is 0. The number of piperazine rings is 2. The second-order valence-corrected chi connectivity index (χ2v) is 6.80. The molecule has 2 rings (SSSR count). The van der Waals surface area contributed by atoms with Gasteiger partial charge in [-0.05, 0) is 27.7 Å². The lowest BCUT2D eigenvalue weighted by molar-refractivity contribution is 0.163. The van der Waals surface area contributed by atoms with Crippen LogP contribution in [0.5, 0.6) is 0 Å². The van der Waals surface area contributed by atoms with Crippen LogP contribution in [0.2, 0.25) is 0 Å². The van der Waals surface area contributed by atoms with Crippen LogP contribution < -0.4 is 10.6 Å². The Kier molecular flexibility index (Phi) is 8.95. The molecule has 0 amide bonds. The predicted molar refractivity (Wildman–Crippen MR) is 97.4 cm³/mol. The summed E-state index contributed by atoms with van der Waals surface area (Å²) in [4.78, 5) is 4.91. The van der Waals surface area contributed by atoms with Gasteiger partial charge in [0.2, 0.25) is 0 Å². The van der Waals surface area contributed by atoms with Crippen molar-refractivity contribution in [3.05, 3.63) is 25.3 Å². The standard InChI is InChI=1S/2C9H18N2/c2*1-4-5-11-7-8(2)10-6-9(11)3/h2*4,8-10H,1,5-7H2,2-3H3/t2*8-,9+/m10/s1. The Balaban J connectivity index is 0.000000220. The largest absolute Gasteiger partial charge is 0.311 e. The van der Waals surface area contributed by atoms with Crippen LogP contribution in [0.4, 0.5) is 0 Å². The molecular weight excluding hydrogens is 272 g/mol. The Labute approximate surface area is 137 Å². The summed E-state index contributed by atoms with van der Waals surface area (Å²) in [5.41, 5.74) is 0. The highest BCUT2D eigenvalue weighted by Gasteiger charge is 2.21. The summed E-state index contributed by atoms with van der Waals surface area (Å²) in [6.07, 6.45) is 3.96. The normalized spacial score (nSPS) is 33.6. The first-order chi connectivity index (χ1) is 10.5. The van der Waals surface area contributed by atoms with Crippen molar-refractivity contribution in [2.45, 2.75) is 51.9 Å². The molecule has 2 aliphatic rings. The third kappa shape index (κ3) is 6.61. The number of hydrogen-bond acceptors (Lipinski definition) is 4. The fourth-order valence-corrected chi connectivity index (χ4v) is 3.03. The van der Waals surface area contributed by atoms with E-state index in [0.29, 0.717) is 24.2 Å². The molecule has 0 aromatic rings. The zero-order valence-corrected chi connectivity index (χ0v) is 15.0. The fraction of sp³-hybridized carbons (Fsp3) is 0.778. The van der Waals surface area contributed by atoms with Crippen molar-refractivity contribution in [3.8, 4) is 0 Å². The topological polar surface area (TPSA) is 30.5 Å². The van der Waals surface area contributed by atoms with Crippen LogP contribution in [0.1, 0.15) is 27.7 Å². The minimum absolute atomic E-state index is 0.631. The van der Waals surface area contributed by atoms with Crippen molar-refractivity contribution in [2.24, 2.45) is 0 Å². The molecule has 0 aliphatic carbocycles. The average Bonchev–Trinajstić information content (AvgIpc) is 2.48. The van der Waals surface area contributed by atoms with Gasteiger partial charge < -0.3 is 10.6 Å². The highest BCUT2D eigenvalue weighted by Crippen LogP contribution is 2.06. The first kappa shape index (κ1) is 19.4. The van der Waals surface area contributed by atoms with E-state index in [-0.39, 0.29) is 0 Å². The molecule has 0 aromatic heterocycles. The first-order valence-electron chi connectivity index (χ1n) is 8.64. The quantitative estimate of drug-likeness (QED) is 0.774. The second-order valence-electron chi connectivity index (χ2n) is 6.80. The minimum Gasteiger partial charge on any atom is -0.311 e. The van der Waals surface area contributed by atoms with Gasteiger partial charge in [-0.25, -0.2) is 0 Å². The van der Waals surface area contributed by atoms with E-state index in [1.54, 1.807) is 0 Å². The molecule has 0 aromatic carbocycles. The van der Waals surface area contributed by atoms with E-state index in [1.165, 1.54) is 0 Å². The highest BCUT2D eigenvalue weighted by molar-refractivity contribution is 4.86. The van der Waals surface area contributed by atoms with E-state index in [1.807, 2.05) is 12.2 Å².